The van der Waals surface area contributed by atoms with Crippen molar-refractivity contribution in [3.63, 3.8) is 0 Å². The Hall–Kier alpha value is -1.63. The van der Waals surface area contributed by atoms with Crippen LogP contribution < -0.4 is 11.0 Å². The summed E-state index contributed by atoms with van der Waals surface area (Å²) in [5.74, 6) is 1.16. The van der Waals surface area contributed by atoms with Crippen LogP contribution in [0.3, 0.4) is 0 Å². The van der Waals surface area contributed by atoms with Gasteiger partial charge in [-0.15, -0.1) is 0 Å². The number of hydrogen-bond donors (Lipinski definition) is 3. The number of ether oxygens (including phenoxy) is 1. The number of fused-ring (bicyclic) bond motifs is 1. The van der Waals surface area contributed by atoms with E-state index in [1.807, 2.05) is 0 Å². The summed E-state index contributed by atoms with van der Waals surface area (Å²) >= 11 is 0. The highest BCUT2D eigenvalue weighted by atomic mass is 16.5. The van der Waals surface area contributed by atoms with Crippen LogP contribution in [0.4, 0.5) is 0 Å². The average molecular weight is 294 g/mol. The second-order valence-corrected chi connectivity index (χ2v) is 5.95. The lowest BCUT2D eigenvalue weighted by atomic mass is 9.80. The molecule has 2 aliphatic rings. The standard InChI is InChI=1S/C14H22N4O3/c19-13(10-8-21-11-5-2-1-4-9(10)11)15-7-3-6-12-16-14(20)18-17-12/h9-11H,1-8H2,(H,15,19)(H2,16,17,18,20)/t9-,10-,11-/m1/s1. The van der Waals surface area contributed by atoms with E-state index in [0.717, 1.165) is 19.3 Å². The molecule has 1 aliphatic carbocycles. The maximum Gasteiger partial charge on any atom is 0.340 e. The SMILES string of the molecule is O=C(NCCCc1n[nH]c(=O)[nH]1)[C@@H]1CO[C@@H]2CCCC[C@@H]21. The molecular weight excluding hydrogens is 272 g/mol. The van der Waals surface area contributed by atoms with Gasteiger partial charge in [-0.25, -0.2) is 9.89 Å². The normalized spacial score (nSPS) is 28.3. The minimum Gasteiger partial charge on any atom is -0.377 e. The predicted molar refractivity (Wildman–Crippen MR) is 75.7 cm³/mol. The van der Waals surface area contributed by atoms with Crippen molar-refractivity contribution in [3.05, 3.63) is 16.3 Å². The minimum absolute atomic E-state index is 0.0143. The zero-order valence-corrected chi connectivity index (χ0v) is 12.1. The van der Waals surface area contributed by atoms with Gasteiger partial charge < -0.3 is 10.1 Å². The summed E-state index contributed by atoms with van der Waals surface area (Å²) in [7, 11) is 0. The number of H-pyrrole nitrogens is 2. The maximum atomic E-state index is 12.2. The van der Waals surface area contributed by atoms with Crippen LogP contribution in [0, 0.1) is 11.8 Å². The number of aryl methyl sites for hydroxylation is 1. The van der Waals surface area contributed by atoms with Crippen molar-refractivity contribution in [1.29, 1.82) is 0 Å². The highest BCUT2D eigenvalue weighted by Crippen LogP contribution is 2.37. The molecule has 1 aromatic rings. The maximum absolute atomic E-state index is 12.2. The molecule has 1 aliphatic heterocycles. The van der Waals surface area contributed by atoms with Gasteiger partial charge in [0, 0.05) is 13.0 Å². The smallest absolute Gasteiger partial charge is 0.340 e. The van der Waals surface area contributed by atoms with Crippen LogP contribution in [-0.4, -0.2) is 40.3 Å². The fourth-order valence-corrected chi connectivity index (χ4v) is 3.44. The van der Waals surface area contributed by atoms with Crippen molar-refractivity contribution in [1.82, 2.24) is 20.5 Å². The Morgan fingerprint density at radius 1 is 1.38 bits per heavy atom. The molecule has 0 aromatic carbocycles. The van der Waals surface area contributed by atoms with Gasteiger partial charge in [-0.05, 0) is 25.2 Å². The van der Waals surface area contributed by atoms with Gasteiger partial charge >= 0.3 is 5.69 Å². The highest BCUT2D eigenvalue weighted by molar-refractivity contribution is 5.79. The Bertz CT molecular complexity index is 538. The number of carbonyl (C=O) groups is 1. The summed E-state index contributed by atoms with van der Waals surface area (Å²) in [6, 6.07) is 0. The van der Waals surface area contributed by atoms with Crippen molar-refractivity contribution in [3.8, 4) is 0 Å². The highest BCUT2D eigenvalue weighted by Gasteiger charge is 2.41. The van der Waals surface area contributed by atoms with Gasteiger partial charge in [-0.3, -0.25) is 9.78 Å². The number of carbonyl (C=O) groups excluding carboxylic acids is 1. The molecule has 3 N–H and O–H groups in total. The molecule has 0 unspecified atom stereocenters. The molecule has 1 saturated heterocycles. The van der Waals surface area contributed by atoms with Gasteiger partial charge in [0.05, 0.1) is 18.6 Å². The van der Waals surface area contributed by atoms with Crippen LogP contribution in [0.2, 0.25) is 0 Å². The first-order valence-corrected chi connectivity index (χ1v) is 7.77. The summed E-state index contributed by atoms with van der Waals surface area (Å²) in [5, 5.41) is 9.15. The summed E-state index contributed by atoms with van der Waals surface area (Å²) in [4.78, 5) is 25.7. The molecule has 7 nitrogen and oxygen atoms in total. The van der Waals surface area contributed by atoms with Crippen molar-refractivity contribution in [2.75, 3.05) is 13.2 Å². The third-order valence-electron chi connectivity index (χ3n) is 4.54. The van der Waals surface area contributed by atoms with Crippen molar-refractivity contribution < 1.29 is 9.53 Å². The molecule has 1 amide bonds. The Balaban J connectivity index is 1.41. The molecule has 2 fully saturated rings. The third kappa shape index (κ3) is 3.34. The van der Waals surface area contributed by atoms with Gasteiger partial charge in [0.1, 0.15) is 5.82 Å². The largest absolute Gasteiger partial charge is 0.377 e. The van der Waals surface area contributed by atoms with Gasteiger partial charge in [0.2, 0.25) is 5.91 Å². The minimum atomic E-state index is -0.291. The summed E-state index contributed by atoms with van der Waals surface area (Å²) in [5.41, 5.74) is -0.291. The van der Waals surface area contributed by atoms with E-state index in [1.165, 1.54) is 12.8 Å². The molecule has 3 rings (SSSR count). The number of nitrogens with zero attached hydrogens (tertiary/aromatic N) is 1. The van der Waals surface area contributed by atoms with Crippen LogP contribution in [-0.2, 0) is 16.0 Å². The number of amides is 1. The van der Waals surface area contributed by atoms with E-state index >= 15 is 0 Å². The van der Waals surface area contributed by atoms with E-state index < -0.39 is 0 Å². The van der Waals surface area contributed by atoms with Crippen LogP contribution >= 0.6 is 0 Å². The van der Waals surface area contributed by atoms with Crippen LogP contribution in [0.15, 0.2) is 4.79 Å². The predicted octanol–water partition coefficient (Wildman–Crippen LogP) is 0.352. The summed E-state index contributed by atoms with van der Waals surface area (Å²) in [6.07, 6.45) is 6.33. The van der Waals surface area contributed by atoms with E-state index in [4.69, 9.17) is 4.74 Å². The first kappa shape index (κ1) is 14.3. The van der Waals surface area contributed by atoms with Gasteiger partial charge in [0.15, 0.2) is 0 Å². The summed E-state index contributed by atoms with van der Waals surface area (Å²) in [6.45, 7) is 1.16. The second-order valence-electron chi connectivity index (χ2n) is 5.95. The number of hydrogen-bond acceptors (Lipinski definition) is 4. The lowest BCUT2D eigenvalue weighted by Gasteiger charge is -2.26. The Morgan fingerprint density at radius 3 is 3.05 bits per heavy atom. The zero-order valence-electron chi connectivity index (χ0n) is 12.1. The van der Waals surface area contributed by atoms with Crippen LogP contribution in [0.1, 0.15) is 37.9 Å². The first-order valence-electron chi connectivity index (χ1n) is 7.77. The fraction of sp³-hybridized carbons (Fsp3) is 0.786. The molecule has 21 heavy (non-hydrogen) atoms. The molecule has 1 saturated carbocycles. The number of rotatable bonds is 5. The first-order chi connectivity index (χ1) is 10.2. The molecule has 3 atom stereocenters. The van der Waals surface area contributed by atoms with Crippen LogP contribution in [0.5, 0.6) is 0 Å². The molecule has 1 aromatic heterocycles. The molecule has 116 valence electrons. The van der Waals surface area contributed by atoms with Crippen molar-refractivity contribution in [2.45, 2.75) is 44.6 Å². The Kier molecular flexibility index (Phi) is 4.38. The van der Waals surface area contributed by atoms with E-state index in [0.29, 0.717) is 37.4 Å². The number of aromatic nitrogens is 3. The monoisotopic (exact) mass is 294 g/mol. The zero-order chi connectivity index (χ0) is 14.7. The van der Waals surface area contributed by atoms with Crippen molar-refractivity contribution in [2.24, 2.45) is 11.8 Å². The molecule has 7 heteroatoms. The van der Waals surface area contributed by atoms with Gasteiger partial charge in [0.25, 0.3) is 0 Å². The second kappa shape index (κ2) is 6.43. The van der Waals surface area contributed by atoms with Crippen molar-refractivity contribution >= 4 is 5.91 Å². The van der Waals surface area contributed by atoms with E-state index in [9.17, 15) is 9.59 Å². The average Bonchev–Trinajstić information content (AvgIpc) is 3.09. The molecule has 0 bridgehead atoms. The van der Waals surface area contributed by atoms with E-state index in [-0.39, 0.29) is 17.5 Å². The molecule has 2 heterocycles. The van der Waals surface area contributed by atoms with E-state index in [2.05, 4.69) is 20.5 Å². The summed E-state index contributed by atoms with van der Waals surface area (Å²) < 4.78 is 5.75. The third-order valence-corrected chi connectivity index (χ3v) is 4.54. The lowest BCUT2D eigenvalue weighted by Crippen LogP contribution is -2.37. The van der Waals surface area contributed by atoms with Gasteiger partial charge in [-0.1, -0.05) is 12.8 Å². The Morgan fingerprint density at radius 2 is 2.24 bits per heavy atom. The molecule has 0 radical (unpaired) electrons. The molecule has 0 spiro atoms. The van der Waals surface area contributed by atoms with Crippen LogP contribution in [0.25, 0.3) is 0 Å². The quantitative estimate of drug-likeness (QED) is 0.682. The molecular formula is C14H22N4O3. The Labute approximate surface area is 122 Å². The topological polar surface area (TPSA) is 99.9 Å². The fourth-order valence-electron chi connectivity index (χ4n) is 3.44. The lowest BCUT2D eigenvalue weighted by molar-refractivity contribution is -0.126. The number of aromatic amines is 2. The number of nitrogens with one attached hydrogen (secondary N) is 3. The van der Waals surface area contributed by atoms with E-state index in [1.54, 1.807) is 0 Å². The van der Waals surface area contributed by atoms with Gasteiger partial charge in [-0.2, -0.15) is 5.10 Å².